The quantitative estimate of drug-likeness (QED) is 0.567. The predicted octanol–water partition coefficient (Wildman–Crippen LogP) is 3.97. The number of ketones is 1. The molecule has 0 aliphatic rings. The Labute approximate surface area is 101 Å². The first-order valence-corrected chi connectivity index (χ1v) is 5.60. The summed E-state index contributed by atoms with van der Waals surface area (Å²) in [5, 5.41) is 0. The molecule has 0 saturated heterocycles. The summed E-state index contributed by atoms with van der Waals surface area (Å²) in [6.45, 7) is 1.85. The van der Waals surface area contributed by atoms with E-state index in [-0.39, 0.29) is 5.78 Å². The summed E-state index contributed by atoms with van der Waals surface area (Å²) in [6, 6.07) is 19.2. The van der Waals surface area contributed by atoms with Gasteiger partial charge in [0.15, 0.2) is 5.78 Å². The number of allylic oxidation sites excluding steroid dienone is 1. The molecule has 0 amide bonds. The molecule has 0 heterocycles. The maximum atomic E-state index is 12.1. The molecular weight excluding hydrogens is 208 g/mol. The van der Waals surface area contributed by atoms with Crippen LogP contribution in [-0.4, -0.2) is 5.78 Å². The summed E-state index contributed by atoms with van der Waals surface area (Å²) in [6.07, 6.45) is 1.91. The Kier molecular flexibility index (Phi) is 3.51. The van der Waals surface area contributed by atoms with E-state index >= 15 is 0 Å². The maximum Gasteiger partial charge on any atom is 0.188 e. The topological polar surface area (TPSA) is 17.1 Å². The third kappa shape index (κ3) is 2.91. The van der Waals surface area contributed by atoms with Gasteiger partial charge in [0, 0.05) is 5.56 Å². The minimum Gasteiger partial charge on any atom is -0.289 e. The summed E-state index contributed by atoms with van der Waals surface area (Å²) in [5.74, 6) is 0.0782. The first-order chi connectivity index (χ1) is 8.27. The highest BCUT2D eigenvalue weighted by Gasteiger charge is 2.06. The molecule has 0 atom stereocenters. The summed E-state index contributed by atoms with van der Waals surface area (Å²) < 4.78 is 0. The number of hydrogen-bond donors (Lipinski definition) is 0. The standard InChI is InChI=1S/C16H14O/c1-13(12-14-8-4-2-5-9-14)16(17)15-10-6-3-7-11-15/h2-12H,1H3/b13-12+. The highest BCUT2D eigenvalue weighted by molar-refractivity contribution is 6.10. The van der Waals surface area contributed by atoms with Crippen LogP contribution in [0.5, 0.6) is 0 Å². The van der Waals surface area contributed by atoms with E-state index in [2.05, 4.69) is 0 Å². The number of carbonyl (C=O) groups is 1. The number of rotatable bonds is 3. The van der Waals surface area contributed by atoms with Gasteiger partial charge in [-0.05, 0) is 24.1 Å². The second kappa shape index (κ2) is 5.26. The van der Waals surface area contributed by atoms with Gasteiger partial charge in [0.2, 0.25) is 0 Å². The molecular formula is C16H14O. The molecule has 0 radical (unpaired) electrons. The van der Waals surface area contributed by atoms with Gasteiger partial charge in [-0.3, -0.25) is 4.79 Å². The number of hydrogen-bond acceptors (Lipinski definition) is 1. The Balaban J connectivity index is 2.24. The average Bonchev–Trinajstić information content (AvgIpc) is 2.40. The van der Waals surface area contributed by atoms with Crippen molar-refractivity contribution in [2.75, 3.05) is 0 Å². The number of benzene rings is 2. The van der Waals surface area contributed by atoms with Gasteiger partial charge in [0.05, 0.1) is 0 Å². The molecule has 84 valence electrons. The van der Waals surface area contributed by atoms with Crippen LogP contribution in [0.2, 0.25) is 0 Å². The van der Waals surface area contributed by atoms with Gasteiger partial charge in [0.25, 0.3) is 0 Å². The second-order valence-corrected chi connectivity index (χ2v) is 3.93. The van der Waals surface area contributed by atoms with Crippen molar-refractivity contribution in [3.63, 3.8) is 0 Å². The summed E-state index contributed by atoms with van der Waals surface area (Å²) >= 11 is 0. The van der Waals surface area contributed by atoms with Gasteiger partial charge in [0.1, 0.15) is 0 Å². The lowest BCUT2D eigenvalue weighted by Crippen LogP contribution is -1.99. The zero-order valence-corrected chi connectivity index (χ0v) is 9.76. The Morgan fingerprint density at radius 3 is 2.00 bits per heavy atom. The van der Waals surface area contributed by atoms with Crippen LogP contribution in [0.4, 0.5) is 0 Å². The molecule has 0 aromatic heterocycles. The molecule has 2 aromatic carbocycles. The van der Waals surface area contributed by atoms with Crippen LogP contribution in [0.3, 0.4) is 0 Å². The van der Waals surface area contributed by atoms with Crippen molar-refractivity contribution in [2.45, 2.75) is 6.92 Å². The van der Waals surface area contributed by atoms with Crippen LogP contribution < -0.4 is 0 Å². The van der Waals surface area contributed by atoms with Crippen LogP contribution in [0.15, 0.2) is 66.2 Å². The first kappa shape index (κ1) is 11.3. The minimum atomic E-state index is 0.0782. The fourth-order valence-electron chi connectivity index (χ4n) is 1.68. The Hall–Kier alpha value is -2.15. The molecule has 0 N–H and O–H groups in total. The van der Waals surface area contributed by atoms with E-state index in [9.17, 15) is 4.79 Å². The van der Waals surface area contributed by atoms with Crippen LogP contribution in [0.25, 0.3) is 6.08 Å². The van der Waals surface area contributed by atoms with E-state index in [4.69, 9.17) is 0 Å². The molecule has 0 fully saturated rings. The minimum absolute atomic E-state index is 0.0782. The molecule has 1 nitrogen and oxygen atoms in total. The normalized spacial score (nSPS) is 11.2. The fraction of sp³-hybridized carbons (Fsp3) is 0.0625. The van der Waals surface area contributed by atoms with Crippen LogP contribution in [-0.2, 0) is 0 Å². The van der Waals surface area contributed by atoms with Gasteiger partial charge in [-0.25, -0.2) is 0 Å². The number of carbonyl (C=O) groups excluding carboxylic acids is 1. The van der Waals surface area contributed by atoms with E-state index in [1.54, 1.807) is 0 Å². The Morgan fingerprint density at radius 2 is 1.41 bits per heavy atom. The lowest BCUT2D eigenvalue weighted by Gasteiger charge is -2.01. The summed E-state index contributed by atoms with van der Waals surface area (Å²) in [4.78, 5) is 12.1. The van der Waals surface area contributed by atoms with E-state index in [0.29, 0.717) is 0 Å². The Bertz CT molecular complexity index is 524. The lowest BCUT2D eigenvalue weighted by atomic mass is 10.0. The molecule has 1 heteroatoms. The molecule has 0 bridgehead atoms. The van der Waals surface area contributed by atoms with Gasteiger partial charge in [-0.2, -0.15) is 0 Å². The molecule has 17 heavy (non-hydrogen) atoms. The molecule has 2 rings (SSSR count). The highest BCUT2D eigenvalue weighted by Crippen LogP contribution is 2.12. The monoisotopic (exact) mass is 222 g/mol. The van der Waals surface area contributed by atoms with E-state index < -0.39 is 0 Å². The van der Waals surface area contributed by atoms with Crippen molar-refractivity contribution in [1.29, 1.82) is 0 Å². The van der Waals surface area contributed by atoms with Crippen LogP contribution in [0, 0.1) is 0 Å². The molecule has 0 saturated carbocycles. The number of Topliss-reactive ketones (excluding diaryl/α,β-unsaturated/α-hetero) is 1. The Morgan fingerprint density at radius 1 is 0.882 bits per heavy atom. The van der Waals surface area contributed by atoms with Crippen molar-refractivity contribution in [1.82, 2.24) is 0 Å². The summed E-state index contributed by atoms with van der Waals surface area (Å²) in [7, 11) is 0. The fourth-order valence-corrected chi connectivity index (χ4v) is 1.68. The zero-order valence-electron chi connectivity index (χ0n) is 9.76. The van der Waals surface area contributed by atoms with Crippen molar-refractivity contribution < 1.29 is 4.79 Å². The van der Waals surface area contributed by atoms with Crippen molar-refractivity contribution in [2.24, 2.45) is 0 Å². The van der Waals surface area contributed by atoms with Gasteiger partial charge < -0.3 is 0 Å². The van der Waals surface area contributed by atoms with Crippen LogP contribution >= 0.6 is 0 Å². The third-order valence-electron chi connectivity index (χ3n) is 2.58. The molecule has 0 aliphatic carbocycles. The molecule has 0 unspecified atom stereocenters. The van der Waals surface area contributed by atoms with Gasteiger partial charge >= 0.3 is 0 Å². The van der Waals surface area contributed by atoms with Gasteiger partial charge in [-0.15, -0.1) is 0 Å². The molecule has 2 aromatic rings. The predicted molar refractivity (Wildman–Crippen MR) is 70.9 cm³/mol. The van der Waals surface area contributed by atoms with Crippen LogP contribution in [0.1, 0.15) is 22.8 Å². The van der Waals surface area contributed by atoms with Crippen molar-refractivity contribution >= 4 is 11.9 Å². The van der Waals surface area contributed by atoms with Crippen molar-refractivity contribution in [3.8, 4) is 0 Å². The molecule has 0 spiro atoms. The zero-order chi connectivity index (χ0) is 12.1. The smallest absolute Gasteiger partial charge is 0.188 e. The third-order valence-corrected chi connectivity index (χ3v) is 2.58. The highest BCUT2D eigenvalue weighted by atomic mass is 16.1. The first-order valence-electron chi connectivity index (χ1n) is 5.60. The second-order valence-electron chi connectivity index (χ2n) is 3.93. The lowest BCUT2D eigenvalue weighted by molar-refractivity contribution is 0.103. The molecule has 0 aliphatic heterocycles. The van der Waals surface area contributed by atoms with Gasteiger partial charge in [-0.1, -0.05) is 60.7 Å². The van der Waals surface area contributed by atoms with E-state index in [1.807, 2.05) is 73.7 Å². The van der Waals surface area contributed by atoms with E-state index in [0.717, 1.165) is 16.7 Å². The largest absolute Gasteiger partial charge is 0.289 e. The SMILES string of the molecule is C/C(=C\c1ccccc1)C(=O)c1ccccc1. The average molecular weight is 222 g/mol. The summed E-state index contributed by atoms with van der Waals surface area (Å²) in [5.41, 5.74) is 2.54. The maximum absolute atomic E-state index is 12.1. The van der Waals surface area contributed by atoms with E-state index in [1.165, 1.54) is 0 Å². The van der Waals surface area contributed by atoms with Crippen molar-refractivity contribution in [3.05, 3.63) is 77.4 Å².